The van der Waals surface area contributed by atoms with Crippen molar-refractivity contribution in [2.45, 2.75) is 38.2 Å². The Balaban J connectivity index is 0.000000386. The molecule has 3 heteroatoms. The van der Waals surface area contributed by atoms with Crippen LogP contribution in [0.4, 0.5) is 0 Å². The monoisotopic (exact) mass is 222 g/mol. The Labute approximate surface area is 95.7 Å². The largest absolute Gasteiger partial charge is 0.483 e. The molecule has 0 aromatic heterocycles. The summed E-state index contributed by atoms with van der Waals surface area (Å²) < 4.78 is 0. The Morgan fingerprint density at radius 3 is 2.12 bits per heavy atom. The summed E-state index contributed by atoms with van der Waals surface area (Å²) in [4.78, 5) is 8.36. The molecule has 1 aromatic rings. The summed E-state index contributed by atoms with van der Waals surface area (Å²) >= 11 is 0. The van der Waals surface area contributed by atoms with Gasteiger partial charge in [0.05, 0.1) is 6.61 Å². The Morgan fingerprint density at radius 2 is 1.69 bits per heavy atom. The Hall–Kier alpha value is -1.35. The zero-order valence-electron chi connectivity index (χ0n) is 9.30. The quantitative estimate of drug-likeness (QED) is 0.756. The van der Waals surface area contributed by atoms with Crippen molar-refractivity contribution in [3.8, 4) is 0 Å². The molecule has 1 aromatic carbocycles. The summed E-state index contributed by atoms with van der Waals surface area (Å²) in [6.45, 7) is -0.0923. The molecule has 1 aliphatic rings. The van der Waals surface area contributed by atoms with E-state index in [1.807, 2.05) is 12.1 Å². The van der Waals surface area contributed by atoms with Crippen LogP contribution >= 0.6 is 0 Å². The number of rotatable bonds is 2. The summed E-state index contributed by atoms with van der Waals surface area (Å²) in [6.07, 6.45) is 5.45. The third kappa shape index (κ3) is 3.66. The van der Waals surface area contributed by atoms with E-state index in [9.17, 15) is 0 Å². The fourth-order valence-corrected chi connectivity index (χ4v) is 2.15. The van der Waals surface area contributed by atoms with Crippen molar-refractivity contribution in [3.05, 3.63) is 35.4 Å². The highest BCUT2D eigenvalue weighted by Gasteiger charge is 2.16. The maximum Gasteiger partial charge on any atom is 0.290 e. The standard InChI is InChI=1S/C12H16O.CH2O2/c13-9-10-5-7-12(8-6-10)11-3-1-2-4-11;2-1-3/h5-8,11,13H,1-4,9H2;1H,(H,2,3). The molecule has 1 saturated carbocycles. The van der Waals surface area contributed by atoms with Gasteiger partial charge in [0.2, 0.25) is 0 Å². The average molecular weight is 222 g/mol. The molecule has 0 aliphatic heterocycles. The van der Waals surface area contributed by atoms with Gasteiger partial charge in [-0.15, -0.1) is 0 Å². The van der Waals surface area contributed by atoms with E-state index >= 15 is 0 Å². The number of aliphatic hydroxyl groups is 1. The van der Waals surface area contributed by atoms with Crippen LogP contribution < -0.4 is 0 Å². The highest BCUT2D eigenvalue weighted by Crippen LogP contribution is 2.33. The molecule has 0 heterocycles. The second-order valence-corrected chi connectivity index (χ2v) is 3.99. The molecule has 3 nitrogen and oxygen atoms in total. The molecule has 16 heavy (non-hydrogen) atoms. The number of carbonyl (C=O) groups is 1. The predicted molar refractivity (Wildman–Crippen MR) is 62.3 cm³/mol. The molecule has 0 amide bonds. The van der Waals surface area contributed by atoms with Crippen LogP contribution in [0.1, 0.15) is 42.7 Å². The van der Waals surface area contributed by atoms with Gasteiger partial charge in [0.1, 0.15) is 0 Å². The van der Waals surface area contributed by atoms with Crippen LogP contribution in [0.3, 0.4) is 0 Å². The van der Waals surface area contributed by atoms with Crippen molar-refractivity contribution in [1.82, 2.24) is 0 Å². The second-order valence-electron chi connectivity index (χ2n) is 3.99. The number of benzene rings is 1. The van der Waals surface area contributed by atoms with Crippen molar-refractivity contribution in [2.24, 2.45) is 0 Å². The Kier molecular flexibility index (Phi) is 5.57. The Bertz CT molecular complexity index is 299. The third-order valence-electron chi connectivity index (χ3n) is 2.99. The van der Waals surface area contributed by atoms with E-state index in [4.69, 9.17) is 15.0 Å². The van der Waals surface area contributed by atoms with Crippen LogP contribution in [-0.4, -0.2) is 16.7 Å². The molecule has 0 saturated heterocycles. The van der Waals surface area contributed by atoms with Gasteiger partial charge in [-0.1, -0.05) is 37.1 Å². The van der Waals surface area contributed by atoms with Crippen molar-refractivity contribution >= 4 is 6.47 Å². The first-order chi connectivity index (χ1) is 7.81. The van der Waals surface area contributed by atoms with E-state index in [2.05, 4.69) is 12.1 Å². The van der Waals surface area contributed by atoms with Gasteiger partial charge in [-0.2, -0.15) is 0 Å². The van der Waals surface area contributed by atoms with E-state index in [1.54, 1.807) is 0 Å². The minimum absolute atomic E-state index is 0.158. The van der Waals surface area contributed by atoms with E-state index in [1.165, 1.54) is 31.2 Å². The first-order valence-electron chi connectivity index (χ1n) is 5.59. The average Bonchev–Trinajstić information content (AvgIpc) is 2.84. The lowest BCUT2D eigenvalue weighted by molar-refractivity contribution is -0.122. The lowest BCUT2D eigenvalue weighted by Gasteiger charge is -2.09. The van der Waals surface area contributed by atoms with Gasteiger partial charge < -0.3 is 10.2 Å². The van der Waals surface area contributed by atoms with Gasteiger partial charge in [-0.05, 0) is 29.9 Å². The van der Waals surface area contributed by atoms with Crippen LogP contribution in [-0.2, 0) is 11.4 Å². The first kappa shape index (κ1) is 12.7. The summed E-state index contributed by atoms with van der Waals surface area (Å²) in [7, 11) is 0. The van der Waals surface area contributed by atoms with Crippen LogP contribution in [0.5, 0.6) is 0 Å². The van der Waals surface area contributed by atoms with Crippen LogP contribution in [0.25, 0.3) is 0 Å². The molecule has 1 fully saturated rings. The summed E-state index contributed by atoms with van der Waals surface area (Å²) in [5.41, 5.74) is 2.47. The SMILES string of the molecule is O=CO.OCc1ccc(C2CCCC2)cc1. The molecule has 0 unspecified atom stereocenters. The predicted octanol–water partition coefficient (Wildman–Crippen LogP) is 2.54. The number of aliphatic hydroxyl groups excluding tert-OH is 1. The Morgan fingerprint density at radius 1 is 1.19 bits per heavy atom. The minimum Gasteiger partial charge on any atom is -0.483 e. The van der Waals surface area contributed by atoms with E-state index in [0.29, 0.717) is 0 Å². The minimum atomic E-state index is -0.250. The van der Waals surface area contributed by atoms with Crippen molar-refractivity contribution < 1.29 is 15.0 Å². The van der Waals surface area contributed by atoms with Gasteiger partial charge in [0.25, 0.3) is 6.47 Å². The number of hydrogen-bond acceptors (Lipinski definition) is 2. The molecule has 0 radical (unpaired) electrons. The number of hydrogen-bond donors (Lipinski definition) is 2. The van der Waals surface area contributed by atoms with Crippen LogP contribution in [0.2, 0.25) is 0 Å². The molecule has 2 N–H and O–H groups in total. The zero-order valence-corrected chi connectivity index (χ0v) is 9.30. The maximum absolute atomic E-state index is 8.89. The molecule has 1 aliphatic carbocycles. The van der Waals surface area contributed by atoms with Crippen LogP contribution in [0, 0.1) is 0 Å². The fraction of sp³-hybridized carbons (Fsp3) is 0.462. The third-order valence-corrected chi connectivity index (χ3v) is 2.99. The van der Waals surface area contributed by atoms with E-state index < -0.39 is 0 Å². The van der Waals surface area contributed by atoms with Gasteiger partial charge in [0, 0.05) is 0 Å². The molecule has 2 rings (SSSR count). The first-order valence-corrected chi connectivity index (χ1v) is 5.59. The van der Waals surface area contributed by atoms with Gasteiger partial charge in [-0.3, -0.25) is 4.79 Å². The van der Waals surface area contributed by atoms with E-state index in [-0.39, 0.29) is 13.1 Å². The fourth-order valence-electron chi connectivity index (χ4n) is 2.15. The highest BCUT2D eigenvalue weighted by atomic mass is 16.3. The topological polar surface area (TPSA) is 57.5 Å². The summed E-state index contributed by atoms with van der Waals surface area (Å²) in [5, 5.41) is 15.8. The van der Waals surface area contributed by atoms with Gasteiger partial charge >= 0.3 is 0 Å². The number of carboxylic acid groups (broad SMARTS) is 1. The smallest absolute Gasteiger partial charge is 0.290 e. The van der Waals surface area contributed by atoms with Crippen LogP contribution in [0.15, 0.2) is 24.3 Å². The molecule has 0 atom stereocenters. The molecular formula is C13H18O3. The summed E-state index contributed by atoms with van der Waals surface area (Å²) in [5.74, 6) is 0.785. The summed E-state index contributed by atoms with van der Waals surface area (Å²) in [6, 6.07) is 8.41. The normalized spacial score (nSPS) is 15.3. The molecule has 0 spiro atoms. The molecular weight excluding hydrogens is 204 g/mol. The lowest BCUT2D eigenvalue weighted by atomic mass is 9.97. The van der Waals surface area contributed by atoms with Gasteiger partial charge in [0.15, 0.2) is 0 Å². The zero-order chi connectivity index (χ0) is 11.8. The highest BCUT2D eigenvalue weighted by molar-refractivity contribution is 5.32. The lowest BCUT2D eigenvalue weighted by Crippen LogP contribution is -1.92. The second kappa shape index (κ2) is 7.01. The molecule has 0 bridgehead atoms. The van der Waals surface area contributed by atoms with Gasteiger partial charge in [-0.25, -0.2) is 0 Å². The maximum atomic E-state index is 8.89. The van der Waals surface area contributed by atoms with Crippen molar-refractivity contribution in [3.63, 3.8) is 0 Å². The van der Waals surface area contributed by atoms with Crippen molar-refractivity contribution in [2.75, 3.05) is 0 Å². The van der Waals surface area contributed by atoms with Crippen molar-refractivity contribution in [1.29, 1.82) is 0 Å². The van der Waals surface area contributed by atoms with E-state index in [0.717, 1.165) is 11.5 Å². The molecule has 88 valence electrons.